The monoisotopic (exact) mass is 284 g/mol. The van der Waals surface area contributed by atoms with Gasteiger partial charge in [-0.25, -0.2) is 0 Å². The highest BCUT2D eigenvalue weighted by molar-refractivity contribution is 9.10. The Labute approximate surface area is 105 Å². The van der Waals surface area contributed by atoms with Crippen molar-refractivity contribution in [3.63, 3.8) is 0 Å². The van der Waals surface area contributed by atoms with E-state index in [-0.39, 0.29) is 11.8 Å². The summed E-state index contributed by atoms with van der Waals surface area (Å²) >= 11 is 3.51. The van der Waals surface area contributed by atoms with E-state index in [1.54, 1.807) is 0 Å². The van der Waals surface area contributed by atoms with Gasteiger partial charge in [-0.1, -0.05) is 35.8 Å². The lowest BCUT2D eigenvalue weighted by atomic mass is 9.80. The van der Waals surface area contributed by atoms with E-state index in [2.05, 4.69) is 22.0 Å². The Kier molecular flexibility index (Phi) is 3.79. The van der Waals surface area contributed by atoms with Crippen molar-refractivity contribution < 1.29 is 9.90 Å². The van der Waals surface area contributed by atoms with Crippen molar-refractivity contribution in [1.29, 1.82) is 0 Å². The number of carboxylic acid groups (broad SMARTS) is 1. The van der Waals surface area contributed by atoms with Crippen LogP contribution in [0.15, 0.2) is 16.6 Å². The molecule has 1 aromatic rings. The molecule has 0 spiro atoms. The largest absolute Gasteiger partial charge is 0.481 e. The first-order valence-electron chi connectivity index (χ1n) is 5.23. The summed E-state index contributed by atoms with van der Waals surface area (Å²) in [6.07, 6.45) is 0.141. The number of carbonyl (C=O) groups is 1. The van der Waals surface area contributed by atoms with Crippen molar-refractivity contribution >= 4 is 21.9 Å². The number of carboxylic acids is 1. The predicted octanol–water partition coefficient (Wildman–Crippen LogP) is 3.82. The molecule has 2 nitrogen and oxygen atoms in total. The first-order valence-corrected chi connectivity index (χ1v) is 6.02. The molecule has 0 aliphatic rings. The minimum absolute atomic E-state index is 0.141. The first-order chi connectivity index (χ1) is 7.24. The van der Waals surface area contributed by atoms with Crippen molar-refractivity contribution in [2.45, 2.75) is 39.5 Å². The van der Waals surface area contributed by atoms with Crippen LogP contribution in [0.25, 0.3) is 0 Å². The Bertz CT molecular complexity index is 399. The van der Waals surface area contributed by atoms with Crippen LogP contribution in [0.2, 0.25) is 0 Å². The number of halogens is 1. The standard InChI is InChI=1S/C13H17BrO2/c1-8-5-10(6-11(14)9(8)2)13(3,4)7-12(15)16/h5-6H,7H2,1-4H3,(H,15,16). The van der Waals surface area contributed by atoms with Gasteiger partial charge in [0.1, 0.15) is 0 Å². The van der Waals surface area contributed by atoms with Crippen LogP contribution in [0.5, 0.6) is 0 Å². The molecule has 1 rings (SSSR count). The fourth-order valence-electron chi connectivity index (χ4n) is 1.69. The van der Waals surface area contributed by atoms with Crippen LogP contribution in [0.1, 0.15) is 37.0 Å². The number of benzene rings is 1. The summed E-state index contributed by atoms with van der Waals surface area (Å²) in [7, 11) is 0. The second kappa shape index (κ2) is 4.58. The lowest BCUT2D eigenvalue weighted by Crippen LogP contribution is -2.22. The summed E-state index contributed by atoms with van der Waals surface area (Å²) in [4.78, 5) is 10.8. The number of rotatable bonds is 3. The Morgan fingerprint density at radius 1 is 1.38 bits per heavy atom. The van der Waals surface area contributed by atoms with Gasteiger partial charge in [0.05, 0.1) is 6.42 Å². The average molecular weight is 285 g/mol. The topological polar surface area (TPSA) is 37.3 Å². The molecule has 0 aliphatic carbocycles. The minimum atomic E-state index is -0.764. The van der Waals surface area contributed by atoms with Crippen molar-refractivity contribution in [2.24, 2.45) is 0 Å². The Balaban J connectivity index is 3.18. The maximum Gasteiger partial charge on any atom is 0.304 e. The zero-order valence-corrected chi connectivity index (χ0v) is 11.7. The summed E-state index contributed by atoms with van der Waals surface area (Å²) in [5.74, 6) is -0.764. The van der Waals surface area contributed by atoms with Crippen LogP contribution in [0, 0.1) is 13.8 Å². The van der Waals surface area contributed by atoms with Gasteiger partial charge in [0, 0.05) is 9.89 Å². The highest BCUT2D eigenvalue weighted by atomic mass is 79.9. The first kappa shape index (κ1) is 13.2. The Morgan fingerprint density at radius 3 is 2.38 bits per heavy atom. The summed E-state index contributed by atoms with van der Waals surface area (Å²) in [5.41, 5.74) is 3.11. The third-order valence-corrected chi connectivity index (χ3v) is 3.80. The molecule has 3 heteroatoms. The fourth-order valence-corrected chi connectivity index (χ4v) is 2.25. The molecule has 0 aromatic heterocycles. The van der Waals surface area contributed by atoms with Gasteiger partial charge in [0.15, 0.2) is 0 Å². The average Bonchev–Trinajstić information content (AvgIpc) is 2.11. The number of aryl methyl sites for hydroxylation is 1. The van der Waals surface area contributed by atoms with E-state index in [4.69, 9.17) is 5.11 Å². The Morgan fingerprint density at radius 2 is 1.94 bits per heavy atom. The van der Waals surface area contributed by atoms with E-state index in [0.29, 0.717) is 0 Å². The van der Waals surface area contributed by atoms with E-state index < -0.39 is 5.97 Å². The van der Waals surface area contributed by atoms with Gasteiger partial charge >= 0.3 is 5.97 Å². The lowest BCUT2D eigenvalue weighted by Gasteiger charge is -2.24. The fraction of sp³-hybridized carbons (Fsp3) is 0.462. The predicted molar refractivity (Wildman–Crippen MR) is 68.9 cm³/mol. The van der Waals surface area contributed by atoms with Gasteiger partial charge < -0.3 is 5.11 Å². The molecule has 88 valence electrons. The van der Waals surface area contributed by atoms with E-state index in [9.17, 15) is 4.79 Å². The molecule has 16 heavy (non-hydrogen) atoms. The van der Waals surface area contributed by atoms with E-state index >= 15 is 0 Å². The lowest BCUT2D eigenvalue weighted by molar-refractivity contribution is -0.138. The molecule has 0 amide bonds. The maximum atomic E-state index is 10.8. The summed E-state index contributed by atoms with van der Waals surface area (Å²) < 4.78 is 1.04. The molecule has 0 heterocycles. The van der Waals surface area contributed by atoms with Crippen LogP contribution in [-0.4, -0.2) is 11.1 Å². The van der Waals surface area contributed by atoms with Crippen molar-refractivity contribution in [2.75, 3.05) is 0 Å². The number of hydrogen-bond acceptors (Lipinski definition) is 1. The quantitative estimate of drug-likeness (QED) is 0.916. The van der Waals surface area contributed by atoms with Crippen LogP contribution >= 0.6 is 15.9 Å². The normalized spacial score (nSPS) is 11.6. The molecule has 0 aliphatic heterocycles. The summed E-state index contributed by atoms with van der Waals surface area (Å²) in [5, 5.41) is 8.89. The van der Waals surface area contributed by atoms with Crippen LogP contribution in [0.4, 0.5) is 0 Å². The van der Waals surface area contributed by atoms with Gasteiger partial charge in [0.25, 0.3) is 0 Å². The van der Waals surface area contributed by atoms with Crippen LogP contribution in [-0.2, 0) is 10.2 Å². The molecule has 0 bridgehead atoms. The number of hydrogen-bond donors (Lipinski definition) is 1. The Hall–Kier alpha value is -0.830. The van der Waals surface area contributed by atoms with E-state index in [0.717, 1.165) is 10.0 Å². The van der Waals surface area contributed by atoms with Crippen molar-refractivity contribution in [3.8, 4) is 0 Å². The summed E-state index contributed by atoms with van der Waals surface area (Å²) in [6.45, 7) is 8.00. The van der Waals surface area contributed by atoms with Gasteiger partial charge in [-0.3, -0.25) is 4.79 Å². The zero-order chi connectivity index (χ0) is 12.5. The molecule has 0 unspecified atom stereocenters. The molecular weight excluding hydrogens is 268 g/mol. The highest BCUT2D eigenvalue weighted by Crippen LogP contribution is 2.32. The van der Waals surface area contributed by atoms with E-state index in [1.165, 1.54) is 11.1 Å². The second-order valence-corrected chi connectivity index (χ2v) is 5.71. The number of aliphatic carboxylic acids is 1. The van der Waals surface area contributed by atoms with Gasteiger partial charge in [0.2, 0.25) is 0 Å². The van der Waals surface area contributed by atoms with Crippen molar-refractivity contribution in [1.82, 2.24) is 0 Å². The molecule has 1 aromatic carbocycles. The SMILES string of the molecule is Cc1cc(C(C)(C)CC(=O)O)cc(Br)c1C. The van der Waals surface area contributed by atoms with Crippen LogP contribution < -0.4 is 0 Å². The van der Waals surface area contributed by atoms with Crippen molar-refractivity contribution in [3.05, 3.63) is 33.3 Å². The molecule has 0 atom stereocenters. The molecule has 0 saturated heterocycles. The molecule has 0 fully saturated rings. The third kappa shape index (κ3) is 2.85. The third-order valence-electron chi connectivity index (χ3n) is 2.98. The minimum Gasteiger partial charge on any atom is -0.481 e. The second-order valence-electron chi connectivity index (χ2n) is 4.85. The van der Waals surface area contributed by atoms with Gasteiger partial charge in [-0.15, -0.1) is 0 Å². The van der Waals surface area contributed by atoms with Crippen LogP contribution in [0.3, 0.4) is 0 Å². The zero-order valence-electron chi connectivity index (χ0n) is 10.1. The van der Waals surface area contributed by atoms with Gasteiger partial charge in [-0.05, 0) is 36.6 Å². The summed E-state index contributed by atoms with van der Waals surface area (Å²) in [6, 6.07) is 4.09. The van der Waals surface area contributed by atoms with E-state index in [1.807, 2.05) is 33.8 Å². The smallest absolute Gasteiger partial charge is 0.304 e. The molecule has 1 N–H and O–H groups in total. The molecular formula is C13H17BrO2. The highest BCUT2D eigenvalue weighted by Gasteiger charge is 2.25. The molecule has 0 saturated carbocycles. The maximum absolute atomic E-state index is 10.8. The molecule has 0 radical (unpaired) electrons. The van der Waals surface area contributed by atoms with Gasteiger partial charge in [-0.2, -0.15) is 0 Å².